The largest absolute Gasteiger partial charge is 0.393 e. The second-order valence-corrected chi connectivity index (χ2v) is 11.4. The fourth-order valence-electron chi connectivity index (χ4n) is 8.29. The number of hydrogen-bond donors (Lipinski definition) is 1. The molecule has 0 spiro atoms. The van der Waals surface area contributed by atoms with Crippen LogP contribution >= 0.6 is 0 Å². The summed E-state index contributed by atoms with van der Waals surface area (Å²) in [6, 6.07) is 10.7. The van der Waals surface area contributed by atoms with Gasteiger partial charge >= 0.3 is 0 Å². The van der Waals surface area contributed by atoms with Crippen LogP contribution in [-0.2, 0) is 11.8 Å². The number of hydrogen-bond acceptors (Lipinski definition) is 4. The Morgan fingerprint density at radius 2 is 1.82 bits per heavy atom. The summed E-state index contributed by atoms with van der Waals surface area (Å²) in [5.74, 6) is 2.69. The molecule has 7 rings (SSSR count). The Morgan fingerprint density at radius 1 is 1.00 bits per heavy atom. The zero-order chi connectivity index (χ0) is 22.4. The number of allylic oxidation sites excluding steroid dienone is 1. The minimum absolute atomic E-state index is 0.0869. The average Bonchev–Trinajstić information content (AvgIpc) is 3.41. The van der Waals surface area contributed by atoms with E-state index in [2.05, 4.69) is 60.3 Å². The summed E-state index contributed by atoms with van der Waals surface area (Å²) in [5.41, 5.74) is 6.90. The molecule has 3 unspecified atom stereocenters. The van der Waals surface area contributed by atoms with Crippen molar-refractivity contribution in [3.63, 3.8) is 0 Å². The van der Waals surface area contributed by atoms with Crippen molar-refractivity contribution in [3.05, 3.63) is 59.6 Å². The van der Waals surface area contributed by atoms with E-state index in [4.69, 9.17) is 4.98 Å². The van der Waals surface area contributed by atoms with Gasteiger partial charge in [0, 0.05) is 16.5 Å². The Balaban J connectivity index is 1.37. The molecule has 0 saturated heterocycles. The molecular weight excluding hydrogens is 408 g/mol. The van der Waals surface area contributed by atoms with Gasteiger partial charge in [-0.2, -0.15) is 14.6 Å². The molecule has 2 saturated carbocycles. The molecule has 1 aromatic carbocycles. The van der Waals surface area contributed by atoms with Gasteiger partial charge in [-0.3, -0.25) is 0 Å². The van der Waals surface area contributed by atoms with Crippen LogP contribution in [0.15, 0.2) is 48.3 Å². The monoisotopic (exact) mass is 440 g/mol. The van der Waals surface area contributed by atoms with Crippen molar-refractivity contribution in [2.45, 2.75) is 70.3 Å². The van der Waals surface area contributed by atoms with Crippen molar-refractivity contribution in [3.8, 4) is 11.3 Å². The number of benzene rings is 1. The van der Waals surface area contributed by atoms with Crippen LogP contribution in [0, 0.1) is 23.2 Å². The highest BCUT2D eigenvalue weighted by atomic mass is 16.3. The highest BCUT2D eigenvalue weighted by Gasteiger charge is 2.58. The smallest absolute Gasteiger partial charge is 0.252 e. The number of nitrogens with zero attached hydrogens (tertiary/aromatic N) is 4. The number of aromatic nitrogens is 4. The van der Waals surface area contributed by atoms with Crippen LogP contribution in [0.2, 0.25) is 0 Å². The molecule has 5 nitrogen and oxygen atoms in total. The van der Waals surface area contributed by atoms with E-state index in [1.165, 1.54) is 40.9 Å². The van der Waals surface area contributed by atoms with E-state index in [1.54, 1.807) is 6.33 Å². The Bertz CT molecular complexity index is 1280. The van der Waals surface area contributed by atoms with Crippen molar-refractivity contribution in [1.82, 2.24) is 19.6 Å². The SMILES string of the molecule is C[C@]12CC[C@H](O)CC1=CCC1C2CC[C@]2(C)c3nc4ncnn4c(-c4ccccc4)c3CC12. The van der Waals surface area contributed by atoms with E-state index in [0.717, 1.165) is 37.9 Å². The zero-order valence-corrected chi connectivity index (χ0v) is 19.5. The molecule has 6 atom stereocenters. The zero-order valence-electron chi connectivity index (χ0n) is 19.5. The molecular formula is C28H32N4O. The van der Waals surface area contributed by atoms with Crippen molar-refractivity contribution in [2.75, 3.05) is 0 Å². The minimum Gasteiger partial charge on any atom is -0.393 e. The molecule has 2 aromatic heterocycles. The highest BCUT2D eigenvalue weighted by molar-refractivity contribution is 5.68. The van der Waals surface area contributed by atoms with Crippen molar-refractivity contribution in [1.29, 1.82) is 0 Å². The van der Waals surface area contributed by atoms with Crippen LogP contribution in [0.25, 0.3) is 17.0 Å². The summed E-state index contributed by atoms with van der Waals surface area (Å²) in [4.78, 5) is 9.66. The van der Waals surface area contributed by atoms with E-state index < -0.39 is 0 Å². The predicted octanol–water partition coefficient (Wildman–Crippen LogP) is 5.13. The number of aliphatic hydroxyl groups excluding tert-OH is 1. The van der Waals surface area contributed by atoms with E-state index in [-0.39, 0.29) is 16.9 Å². The van der Waals surface area contributed by atoms with Crippen LogP contribution in [-0.4, -0.2) is 30.8 Å². The van der Waals surface area contributed by atoms with Crippen LogP contribution < -0.4 is 0 Å². The summed E-state index contributed by atoms with van der Waals surface area (Å²) in [7, 11) is 0. The molecule has 3 aromatic rings. The molecule has 2 heterocycles. The van der Waals surface area contributed by atoms with Crippen LogP contribution in [0.5, 0.6) is 0 Å². The van der Waals surface area contributed by atoms with Crippen molar-refractivity contribution < 1.29 is 5.11 Å². The molecule has 5 heteroatoms. The molecule has 0 amide bonds. The topological polar surface area (TPSA) is 63.3 Å². The molecule has 0 radical (unpaired) electrons. The maximum atomic E-state index is 10.3. The lowest BCUT2D eigenvalue weighted by molar-refractivity contribution is -0.0169. The standard InChI is InChI=1S/C28H32N4O/c1-27-12-10-19(33)14-18(27)8-9-20-22(27)11-13-28(2)23(20)15-21-24(17-6-4-3-5-7-17)32-26(29-16-30-32)31-25(21)28/h3-8,16,19-20,22-23,33H,9-15H2,1-2H3/t19-,20?,22?,23?,27-,28-/m0/s1. The molecule has 4 aliphatic carbocycles. The summed E-state index contributed by atoms with van der Waals surface area (Å²) in [6.07, 6.45) is 11.6. The Hall–Kier alpha value is -2.53. The molecule has 0 bridgehead atoms. The first-order valence-corrected chi connectivity index (χ1v) is 12.6. The first kappa shape index (κ1) is 19.9. The lowest BCUT2D eigenvalue weighted by Crippen LogP contribution is -2.51. The molecule has 170 valence electrons. The van der Waals surface area contributed by atoms with Gasteiger partial charge in [-0.25, -0.2) is 4.98 Å². The maximum absolute atomic E-state index is 10.3. The Kier molecular flexibility index (Phi) is 4.07. The second kappa shape index (κ2) is 6.75. The lowest BCUT2D eigenvalue weighted by atomic mass is 9.48. The third-order valence-electron chi connectivity index (χ3n) is 10.0. The van der Waals surface area contributed by atoms with Gasteiger partial charge < -0.3 is 5.11 Å². The minimum atomic E-state index is -0.146. The summed E-state index contributed by atoms with van der Waals surface area (Å²) in [5, 5.41) is 14.9. The average molecular weight is 441 g/mol. The second-order valence-electron chi connectivity index (χ2n) is 11.4. The van der Waals surface area contributed by atoms with E-state index in [0.29, 0.717) is 17.8 Å². The molecule has 33 heavy (non-hydrogen) atoms. The van der Waals surface area contributed by atoms with E-state index in [9.17, 15) is 5.11 Å². The van der Waals surface area contributed by atoms with Crippen LogP contribution in [0.4, 0.5) is 0 Å². The normalized spacial score (nSPS) is 37.1. The first-order chi connectivity index (χ1) is 16.0. The summed E-state index contributed by atoms with van der Waals surface area (Å²) >= 11 is 0. The van der Waals surface area contributed by atoms with Gasteiger partial charge in [0.2, 0.25) is 0 Å². The van der Waals surface area contributed by atoms with Gasteiger partial charge in [0.25, 0.3) is 5.78 Å². The van der Waals surface area contributed by atoms with Crippen LogP contribution in [0.3, 0.4) is 0 Å². The van der Waals surface area contributed by atoms with Crippen molar-refractivity contribution in [2.24, 2.45) is 23.2 Å². The van der Waals surface area contributed by atoms with Crippen LogP contribution in [0.1, 0.15) is 63.6 Å². The van der Waals surface area contributed by atoms with Gasteiger partial charge in [-0.1, -0.05) is 55.8 Å². The van der Waals surface area contributed by atoms with Gasteiger partial charge in [-0.05, 0) is 68.1 Å². The van der Waals surface area contributed by atoms with Gasteiger partial charge in [-0.15, -0.1) is 0 Å². The maximum Gasteiger partial charge on any atom is 0.252 e. The summed E-state index contributed by atoms with van der Waals surface area (Å²) < 4.78 is 1.95. The third-order valence-corrected chi connectivity index (χ3v) is 10.0. The number of aliphatic hydroxyl groups is 1. The third kappa shape index (κ3) is 2.60. The number of fused-ring (bicyclic) bond motifs is 8. The van der Waals surface area contributed by atoms with Gasteiger partial charge in [0.05, 0.1) is 17.5 Å². The highest BCUT2D eigenvalue weighted by Crippen LogP contribution is 2.64. The van der Waals surface area contributed by atoms with Gasteiger partial charge in [0.15, 0.2) is 0 Å². The fraction of sp³-hybridized carbons (Fsp3) is 0.536. The Labute approximate surface area is 195 Å². The summed E-state index contributed by atoms with van der Waals surface area (Å²) in [6.45, 7) is 4.97. The molecule has 1 N–H and O–H groups in total. The first-order valence-electron chi connectivity index (χ1n) is 12.6. The molecule has 4 aliphatic rings. The van der Waals surface area contributed by atoms with Gasteiger partial charge in [0.1, 0.15) is 6.33 Å². The Morgan fingerprint density at radius 3 is 2.67 bits per heavy atom. The van der Waals surface area contributed by atoms with Crippen molar-refractivity contribution >= 4 is 5.78 Å². The quantitative estimate of drug-likeness (QED) is 0.533. The predicted molar refractivity (Wildman–Crippen MR) is 128 cm³/mol. The van der Waals surface area contributed by atoms with E-state index in [1.807, 2.05) is 4.52 Å². The van der Waals surface area contributed by atoms with E-state index >= 15 is 0 Å². The molecule has 2 fully saturated rings. The lowest BCUT2D eigenvalue weighted by Gasteiger charge is -2.57. The molecule has 0 aliphatic heterocycles. The fourth-order valence-corrected chi connectivity index (χ4v) is 8.29. The number of rotatable bonds is 1.